The molecular formula is C19H23N5O3S. The third-order valence-corrected chi connectivity index (χ3v) is 5.82. The molecule has 1 aromatic carbocycles. The quantitative estimate of drug-likeness (QED) is 0.642. The van der Waals surface area contributed by atoms with Crippen molar-refractivity contribution in [2.45, 2.75) is 19.4 Å². The number of carbonyl (C=O) groups excluding carboxylic acids is 1. The van der Waals surface area contributed by atoms with Gasteiger partial charge in [0.25, 0.3) is 0 Å². The van der Waals surface area contributed by atoms with Gasteiger partial charge in [0.15, 0.2) is 5.82 Å². The molecule has 0 bridgehead atoms. The topological polar surface area (TPSA) is 81.0 Å². The van der Waals surface area contributed by atoms with Crippen LogP contribution < -0.4 is 10.1 Å². The van der Waals surface area contributed by atoms with Gasteiger partial charge in [0.05, 0.1) is 19.3 Å². The summed E-state index contributed by atoms with van der Waals surface area (Å²) in [7, 11) is 3.31. The van der Waals surface area contributed by atoms with Gasteiger partial charge in [-0.15, -0.1) is 5.10 Å². The highest BCUT2D eigenvalue weighted by atomic mass is 32.1. The number of amides is 2. The van der Waals surface area contributed by atoms with E-state index in [1.54, 1.807) is 25.6 Å². The summed E-state index contributed by atoms with van der Waals surface area (Å²) in [6, 6.07) is 7.70. The highest BCUT2D eigenvalue weighted by molar-refractivity contribution is 7.17. The van der Waals surface area contributed by atoms with Crippen LogP contribution in [0.4, 0.5) is 4.79 Å². The molecule has 1 aliphatic heterocycles. The first kappa shape index (κ1) is 18.7. The lowest BCUT2D eigenvalue weighted by Gasteiger charge is -2.26. The number of rotatable bonds is 6. The van der Waals surface area contributed by atoms with E-state index in [2.05, 4.69) is 10.3 Å². The van der Waals surface area contributed by atoms with E-state index in [9.17, 15) is 4.79 Å². The smallest absolute Gasteiger partial charge is 0.317 e. The average Bonchev–Trinajstić information content (AvgIpc) is 3.28. The number of ether oxygens (including phenoxy) is 2. The predicted octanol–water partition coefficient (Wildman–Crippen LogP) is 2.57. The largest absolute Gasteiger partial charge is 0.497 e. The molecule has 0 saturated heterocycles. The maximum Gasteiger partial charge on any atom is 0.317 e. The fourth-order valence-electron chi connectivity index (χ4n) is 3.25. The maximum atomic E-state index is 12.3. The zero-order valence-electron chi connectivity index (χ0n) is 16.0. The van der Waals surface area contributed by atoms with Gasteiger partial charge in [0.2, 0.25) is 4.96 Å². The second-order valence-corrected chi connectivity index (χ2v) is 7.64. The van der Waals surface area contributed by atoms with E-state index < -0.39 is 0 Å². The molecule has 148 valence electrons. The minimum absolute atomic E-state index is 0.0281. The Bertz CT molecular complexity index is 966. The normalized spacial score (nSPS) is 13.6. The first-order valence-corrected chi connectivity index (χ1v) is 10.0. The monoisotopic (exact) mass is 401 g/mol. The second kappa shape index (κ2) is 8.15. The van der Waals surface area contributed by atoms with Crippen molar-refractivity contribution in [3.8, 4) is 17.1 Å². The maximum absolute atomic E-state index is 12.3. The number of nitrogens with zero attached hydrogens (tertiary/aromatic N) is 4. The van der Waals surface area contributed by atoms with Gasteiger partial charge < -0.3 is 19.7 Å². The summed E-state index contributed by atoms with van der Waals surface area (Å²) in [5.41, 5.74) is 2.11. The highest BCUT2D eigenvalue weighted by Gasteiger charge is 2.26. The molecule has 0 spiro atoms. The number of fused-ring (bicyclic) bond motifs is 3. The van der Waals surface area contributed by atoms with Crippen LogP contribution in [0.25, 0.3) is 16.3 Å². The van der Waals surface area contributed by atoms with Gasteiger partial charge >= 0.3 is 6.03 Å². The number of thiazole rings is 1. The van der Waals surface area contributed by atoms with E-state index in [-0.39, 0.29) is 6.03 Å². The molecular weight excluding hydrogens is 378 g/mol. The van der Waals surface area contributed by atoms with E-state index in [1.807, 2.05) is 33.7 Å². The van der Waals surface area contributed by atoms with Gasteiger partial charge in [-0.3, -0.25) is 0 Å². The summed E-state index contributed by atoms with van der Waals surface area (Å²) < 4.78 is 12.1. The first-order valence-electron chi connectivity index (χ1n) is 9.23. The van der Waals surface area contributed by atoms with E-state index >= 15 is 0 Å². The standard InChI is InChI=1S/C19H23N5O3S/c1-26-11-3-9-20-18(25)23-10-8-15-16(12-23)28-19-21-17(22-24(15)19)13-4-6-14(27-2)7-5-13/h4-7H,3,8-12H2,1-2H3,(H,20,25). The van der Waals surface area contributed by atoms with Crippen LogP contribution in [0, 0.1) is 0 Å². The molecule has 0 atom stereocenters. The molecule has 0 radical (unpaired) electrons. The summed E-state index contributed by atoms with van der Waals surface area (Å²) in [6.45, 7) is 2.54. The van der Waals surface area contributed by atoms with Crippen molar-refractivity contribution in [1.29, 1.82) is 0 Å². The van der Waals surface area contributed by atoms with E-state index in [4.69, 9.17) is 14.6 Å². The molecule has 2 amide bonds. The molecule has 2 aromatic heterocycles. The Hall–Kier alpha value is -2.65. The Kier molecular flexibility index (Phi) is 5.45. The molecule has 3 heterocycles. The van der Waals surface area contributed by atoms with Crippen molar-refractivity contribution >= 4 is 22.3 Å². The van der Waals surface area contributed by atoms with E-state index in [1.165, 1.54) is 0 Å². The van der Waals surface area contributed by atoms with Crippen LogP contribution in [0.3, 0.4) is 0 Å². The van der Waals surface area contributed by atoms with Crippen molar-refractivity contribution in [3.05, 3.63) is 34.8 Å². The Balaban J connectivity index is 1.47. The zero-order chi connectivity index (χ0) is 19.5. The van der Waals surface area contributed by atoms with Crippen LogP contribution in [-0.2, 0) is 17.7 Å². The summed E-state index contributed by atoms with van der Waals surface area (Å²) in [4.78, 5) is 20.9. The number of benzene rings is 1. The second-order valence-electron chi connectivity index (χ2n) is 6.58. The van der Waals surface area contributed by atoms with Crippen molar-refractivity contribution in [2.75, 3.05) is 33.9 Å². The molecule has 0 fully saturated rings. The van der Waals surface area contributed by atoms with Gasteiger partial charge in [-0.25, -0.2) is 9.31 Å². The number of hydrogen-bond acceptors (Lipinski definition) is 6. The van der Waals surface area contributed by atoms with Crippen LogP contribution in [0.5, 0.6) is 5.75 Å². The van der Waals surface area contributed by atoms with Crippen LogP contribution in [0.15, 0.2) is 24.3 Å². The summed E-state index contributed by atoms with van der Waals surface area (Å²) >= 11 is 1.60. The first-order chi connectivity index (χ1) is 13.7. The molecule has 28 heavy (non-hydrogen) atoms. The van der Waals surface area contributed by atoms with Gasteiger partial charge in [-0.05, 0) is 30.7 Å². The van der Waals surface area contributed by atoms with Crippen molar-refractivity contribution in [3.63, 3.8) is 0 Å². The van der Waals surface area contributed by atoms with Crippen molar-refractivity contribution in [1.82, 2.24) is 24.8 Å². The Morgan fingerprint density at radius 3 is 2.86 bits per heavy atom. The van der Waals surface area contributed by atoms with Gasteiger partial charge in [-0.1, -0.05) is 11.3 Å². The lowest BCUT2D eigenvalue weighted by molar-refractivity contribution is 0.182. The predicted molar refractivity (Wildman–Crippen MR) is 107 cm³/mol. The lowest BCUT2D eigenvalue weighted by Crippen LogP contribution is -2.43. The molecule has 8 nitrogen and oxygen atoms in total. The van der Waals surface area contributed by atoms with E-state index in [0.29, 0.717) is 32.1 Å². The number of hydrogen-bond donors (Lipinski definition) is 1. The van der Waals surface area contributed by atoms with Gasteiger partial charge in [0.1, 0.15) is 5.75 Å². The molecule has 0 aliphatic carbocycles. The molecule has 1 aliphatic rings. The Morgan fingerprint density at radius 2 is 2.11 bits per heavy atom. The number of urea groups is 1. The zero-order valence-corrected chi connectivity index (χ0v) is 16.8. The molecule has 0 unspecified atom stereocenters. The molecule has 9 heteroatoms. The molecule has 4 rings (SSSR count). The fourth-order valence-corrected chi connectivity index (χ4v) is 4.37. The SMILES string of the molecule is COCCCNC(=O)N1CCc2c(sc3nc(-c4ccc(OC)cc4)nn23)C1. The van der Waals surface area contributed by atoms with Gasteiger partial charge in [-0.2, -0.15) is 4.98 Å². The molecule has 3 aromatic rings. The molecule has 0 saturated carbocycles. The number of methoxy groups -OCH3 is 2. The van der Waals surface area contributed by atoms with Crippen LogP contribution in [0.1, 0.15) is 17.0 Å². The van der Waals surface area contributed by atoms with Gasteiger partial charge in [0, 0.05) is 43.7 Å². The number of carbonyl (C=O) groups is 1. The number of aromatic nitrogens is 3. The van der Waals surface area contributed by atoms with E-state index in [0.717, 1.165) is 39.7 Å². The Labute approximate surface area is 167 Å². The Morgan fingerprint density at radius 1 is 1.29 bits per heavy atom. The minimum Gasteiger partial charge on any atom is -0.497 e. The lowest BCUT2D eigenvalue weighted by atomic mass is 10.2. The summed E-state index contributed by atoms with van der Waals surface area (Å²) in [5, 5.41) is 7.64. The fraction of sp³-hybridized carbons (Fsp3) is 0.421. The third kappa shape index (κ3) is 3.67. The highest BCUT2D eigenvalue weighted by Crippen LogP contribution is 2.30. The van der Waals surface area contributed by atoms with Crippen LogP contribution in [0.2, 0.25) is 0 Å². The van der Waals surface area contributed by atoms with Crippen LogP contribution in [-0.4, -0.2) is 59.4 Å². The summed E-state index contributed by atoms with van der Waals surface area (Å²) in [5.74, 6) is 1.51. The number of nitrogens with one attached hydrogen (secondary N) is 1. The third-order valence-electron chi connectivity index (χ3n) is 4.76. The van der Waals surface area contributed by atoms with Crippen molar-refractivity contribution in [2.24, 2.45) is 0 Å². The minimum atomic E-state index is -0.0281. The summed E-state index contributed by atoms with van der Waals surface area (Å²) in [6.07, 6.45) is 1.58. The van der Waals surface area contributed by atoms with Crippen molar-refractivity contribution < 1.29 is 14.3 Å². The average molecular weight is 401 g/mol. The van der Waals surface area contributed by atoms with Crippen LogP contribution >= 0.6 is 11.3 Å². The molecule has 1 N–H and O–H groups in total.